The van der Waals surface area contributed by atoms with Crippen LogP contribution in [0.1, 0.15) is 6.92 Å². The molecular weight excluding hydrogens is 330 g/mol. The maximum atomic E-state index is 4.80. The van der Waals surface area contributed by atoms with E-state index in [4.69, 9.17) is 4.98 Å². The third-order valence-electron chi connectivity index (χ3n) is 4.97. The van der Waals surface area contributed by atoms with Gasteiger partial charge in [-0.1, -0.05) is 19.1 Å². The van der Waals surface area contributed by atoms with Crippen LogP contribution in [0.2, 0.25) is 0 Å². The number of hydrogen-bond acceptors (Lipinski definition) is 8. The molecule has 0 amide bonds. The lowest BCUT2D eigenvalue weighted by Gasteiger charge is -2.34. The monoisotopic (exact) mass is 349 g/mol. The van der Waals surface area contributed by atoms with Crippen LogP contribution >= 0.6 is 0 Å². The molecule has 1 fully saturated rings. The maximum Gasteiger partial charge on any atom is 0.227 e. The molecule has 1 N–H and O–H groups in total. The molecule has 9 heteroatoms. The number of aromatic nitrogens is 6. The Labute approximate surface area is 150 Å². The summed E-state index contributed by atoms with van der Waals surface area (Å²) in [7, 11) is 0. The van der Waals surface area contributed by atoms with Crippen molar-refractivity contribution in [2.24, 2.45) is 0 Å². The van der Waals surface area contributed by atoms with Gasteiger partial charge in [0.05, 0.1) is 16.9 Å². The standard InChI is InChI=1S/C17H19N9/c1-2-24-7-9-25(10-8-24)17-18-11-12-15(20-17)19-13-5-3-4-6-14(13)26-16(12)21-22-23-26/h3-6,11H,2,7-10H2,1H3,(H,18,19,20). The topological polar surface area (TPSA) is 87.9 Å². The van der Waals surface area contributed by atoms with E-state index in [-0.39, 0.29) is 0 Å². The van der Waals surface area contributed by atoms with Crippen LogP contribution in [0.25, 0.3) is 17.1 Å². The highest BCUT2D eigenvalue weighted by atomic mass is 15.5. The number of fused-ring (bicyclic) bond motifs is 5. The predicted molar refractivity (Wildman–Crippen MR) is 97.8 cm³/mol. The fourth-order valence-electron chi connectivity index (χ4n) is 3.46. The first kappa shape index (κ1) is 15.2. The van der Waals surface area contributed by atoms with Crippen molar-refractivity contribution >= 4 is 17.5 Å². The molecule has 4 heterocycles. The fourth-order valence-corrected chi connectivity index (χ4v) is 3.46. The molecular formula is C17H19N9. The van der Waals surface area contributed by atoms with E-state index >= 15 is 0 Å². The third-order valence-corrected chi connectivity index (χ3v) is 4.97. The van der Waals surface area contributed by atoms with Crippen LogP contribution < -0.4 is 10.2 Å². The minimum atomic E-state index is 0.639. The second-order valence-electron chi connectivity index (χ2n) is 6.41. The summed E-state index contributed by atoms with van der Waals surface area (Å²) in [5.41, 5.74) is 2.60. The second kappa shape index (κ2) is 6.03. The first-order valence-electron chi connectivity index (χ1n) is 8.83. The largest absolute Gasteiger partial charge is 0.338 e. The average Bonchev–Trinajstić information content (AvgIpc) is 3.13. The van der Waals surface area contributed by atoms with Gasteiger partial charge in [0.2, 0.25) is 5.95 Å². The molecule has 0 spiro atoms. The zero-order chi connectivity index (χ0) is 17.5. The van der Waals surface area contributed by atoms with Crippen LogP contribution in [0, 0.1) is 0 Å². The number of benzene rings is 1. The Kier molecular flexibility index (Phi) is 3.52. The molecule has 0 atom stereocenters. The summed E-state index contributed by atoms with van der Waals surface area (Å²) in [5, 5.41) is 15.6. The number of anilines is 3. The minimum Gasteiger partial charge on any atom is -0.338 e. The van der Waals surface area contributed by atoms with E-state index in [1.54, 1.807) is 4.68 Å². The number of rotatable bonds is 2. The first-order valence-corrected chi connectivity index (χ1v) is 8.83. The van der Waals surface area contributed by atoms with Crippen molar-refractivity contribution in [2.45, 2.75) is 6.92 Å². The van der Waals surface area contributed by atoms with Crippen molar-refractivity contribution in [2.75, 3.05) is 42.9 Å². The van der Waals surface area contributed by atoms with Gasteiger partial charge >= 0.3 is 0 Å². The van der Waals surface area contributed by atoms with E-state index < -0.39 is 0 Å². The van der Waals surface area contributed by atoms with E-state index in [2.05, 4.69) is 42.5 Å². The SMILES string of the molecule is CCN1CCN(c2ncc3c(n2)Nc2ccccc2-n2nnnc2-3)CC1. The Balaban J connectivity index is 1.55. The quantitative estimate of drug-likeness (QED) is 0.580. The summed E-state index contributed by atoms with van der Waals surface area (Å²) >= 11 is 0. The van der Waals surface area contributed by atoms with Crippen molar-refractivity contribution in [1.29, 1.82) is 0 Å². The van der Waals surface area contributed by atoms with Crippen LogP contribution in [0.15, 0.2) is 30.5 Å². The number of tetrazole rings is 1. The lowest BCUT2D eigenvalue weighted by molar-refractivity contribution is 0.270. The Morgan fingerprint density at radius 2 is 1.96 bits per heavy atom. The average molecular weight is 349 g/mol. The van der Waals surface area contributed by atoms with Crippen LogP contribution in [-0.4, -0.2) is 67.8 Å². The van der Waals surface area contributed by atoms with Gasteiger partial charge in [-0.3, -0.25) is 0 Å². The Bertz CT molecular complexity index is 943. The van der Waals surface area contributed by atoms with Gasteiger partial charge in [0, 0.05) is 32.4 Å². The van der Waals surface area contributed by atoms with Gasteiger partial charge < -0.3 is 15.1 Å². The van der Waals surface area contributed by atoms with Gasteiger partial charge in [-0.15, -0.1) is 5.10 Å². The molecule has 132 valence electrons. The summed E-state index contributed by atoms with van der Waals surface area (Å²) < 4.78 is 1.72. The van der Waals surface area contributed by atoms with Gasteiger partial charge in [-0.2, -0.15) is 9.67 Å². The number of likely N-dealkylation sites (N-methyl/N-ethyl adjacent to an activating group) is 1. The van der Waals surface area contributed by atoms with Crippen LogP contribution in [-0.2, 0) is 0 Å². The van der Waals surface area contributed by atoms with Crippen molar-refractivity contribution in [3.8, 4) is 17.1 Å². The zero-order valence-corrected chi connectivity index (χ0v) is 14.5. The van der Waals surface area contributed by atoms with E-state index in [1.807, 2.05) is 30.5 Å². The molecule has 26 heavy (non-hydrogen) atoms. The summed E-state index contributed by atoms with van der Waals surface area (Å²) in [6.45, 7) is 7.21. The second-order valence-corrected chi connectivity index (χ2v) is 6.41. The smallest absolute Gasteiger partial charge is 0.227 e. The van der Waals surface area contributed by atoms with Crippen LogP contribution in [0.5, 0.6) is 0 Å². The van der Waals surface area contributed by atoms with E-state index in [1.165, 1.54) is 0 Å². The molecule has 0 saturated carbocycles. The number of piperazine rings is 1. The fraction of sp³-hybridized carbons (Fsp3) is 0.353. The molecule has 1 aromatic carbocycles. The van der Waals surface area contributed by atoms with Gasteiger partial charge in [-0.25, -0.2) is 4.98 Å². The van der Waals surface area contributed by atoms with Gasteiger partial charge in [0.25, 0.3) is 0 Å². The Morgan fingerprint density at radius 3 is 2.81 bits per heavy atom. The lowest BCUT2D eigenvalue weighted by Crippen LogP contribution is -2.46. The van der Waals surface area contributed by atoms with E-state index in [0.29, 0.717) is 5.82 Å². The molecule has 3 aromatic rings. The van der Waals surface area contributed by atoms with Gasteiger partial charge in [0.1, 0.15) is 5.82 Å². The summed E-state index contributed by atoms with van der Waals surface area (Å²) in [6.07, 6.45) is 1.81. The lowest BCUT2D eigenvalue weighted by atomic mass is 10.2. The minimum absolute atomic E-state index is 0.639. The van der Waals surface area contributed by atoms with Crippen molar-refractivity contribution in [3.05, 3.63) is 30.5 Å². The van der Waals surface area contributed by atoms with Crippen LogP contribution in [0.4, 0.5) is 17.5 Å². The molecule has 0 unspecified atom stereocenters. The summed E-state index contributed by atoms with van der Waals surface area (Å²) in [5.74, 6) is 2.11. The number of nitrogens with one attached hydrogen (secondary N) is 1. The molecule has 1 saturated heterocycles. The van der Waals surface area contributed by atoms with Gasteiger partial charge in [0.15, 0.2) is 5.82 Å². The normalized spacial score (nSPS) is 16.3. The molecule has 0 aliphatic carbocycles. The van der Waals surface area contributed by atoms with E-state index in [0.717, 1.165) is 61.4 Å². The molecule has 2 aromatic heterocycles. The predicted octanol–water partition coefficient (Wildman–Crippen LogP) is 1.32. The molecule has 2 aliphatic heterocycles. The number of nitrogens with zero attached hydrogens (tertiary/aromatic N) is 8. The zero-order valence-electron chi connectivity index (χ0n) is 14.5. The molecule has 9 nitrogen and oxygen atoms in total. The Hall–Kier alpha value is -3.07. The highest BCUT2D eigenvalue weighted by molar-refractivity contribution is 5.81. The molecule has 0 radical (unpaired) electrons. The number of hydrogen-bond donors (Lipinski definition) is 1. The number of para-hydroxylation sites is 2. The van der Waals surface area contributed by atoms with E-state index in [9.17, 15) is 0 Å². The Morgan fingerprint density at radius 1 is 1.12 bits per heavy atom. The highest BCUT2D eigenvalue weighted by Crippen LogP contribution is 2.35. The first-order chi connectivity index (χ1) is 12.8. The third kappa shape index (κ3) is 2.39. The summed E-state index contributed by atoms with van der Waals surface area (Å²) in [4.78, 5) is 14.1. The van der Waals surface area contributed by atoms with Crippen molar-refractivity contribution in [3.63, 3.8) is 0 Å². The van der Waals surface area contributed by atoms with Gasteiger partial charge in [-0.05, 0) is 29.1 Å². The van der Waals surface area contributed by atoms with Crippen molar-refractivity contribution in [1.82, 2.24) is 35.1 Å². The maximum absolute atomic E-state index is 4.80. The molecule has 5 rings (SSSR count). The molecule has 0 bridgehead atoms. The summed E-state index contributed by atoms with van der Waals surface area (Å²) in [6, 6.07) is 7.92. The van der Waals surface area contributed by atoms with Crippen LogP contribution in [0.3, 0.4) is 0 Å². The highest BCUT2D eigenvalue weighted by Gasteiger charge is 2.25. The molecule has 2 aliphatic rings. The van der Waals surface area contributed by atoms with Crippen molar-refractivity contribution < 1.29 is 0 Å².